The van der Waals surface area contributed by atoms with Crippen molar-refractivity contribution >= 4 is 46.5 Å². The number of amides is 1. The second-order valence-electron chi connectivity index (χ2n) is 9.58. The Hall–Kier alpha value is -2.37. The number of carbonyl (C=O) groups excluding carboxylic acids is 2. The molecule has 0 heterocycles. The first-order chi connectivity index (χ1) is 15.0. The molecular formula is C25H26Cl2N2O3. The summed E-state index contributed by atoms with van der Waals surface area (Å²) in [4.78, 5) is 31.4. The van der Waals surface area contributed by atoms with Gasteiger partial charge in [-0.1, -0.05) is 61.3 Å². The molecular weight excluding hydrogens is 447 g/mol. The van der Waals surface area contributed by atoms with Crippen LogP contribution in [0.3, 0.4) is 0 Å². The summed E-state index contributed by atoms with van der Waals surface area (Å²) in [5.74, 6) is -0.671. The molecule has 2 saturated carbocycles. The molecule has 0 radical (unpaired) electrons. The first-order valence-corrected chi connectivity index (χ1v) is 11.4. The molecule has 32 heavy (non-hydrogen) atoms. The Morgan fingerprint density at radius 2 is 1.81 bits per heavy atom. The fraction of sp³-hybridized carbons (Fsp3) is 0.400. The Balaban J connectivity index is 1.59. The number of anilines is 1. The lowest BCUT2D eigenvalue weighted by molar-refractivity contribution is -0.130. The summed E-state index contributed by atoms with van der Waals surface area (Å²) in [5.41, 5.74) is 1.43. The second-order valence-corrected chi connectivity index (χ2v) is 10.4. The highest BCUT2D eigenvalue weighted by molar-refractivity contribution is 6.36. The third kappa shape index (κ3) is 3.43. The summed E-state index contributed by atoms with van der Waals surface area (Å²) in [6, 6.07) is 12.3. The minimum Gasteiger partial charge on any atom is -0.326 e. The van der Waals surface area contributed by atoms with Gasteiger partial charge in [-0.05, 0) is 61.1 Å². The zero-order valence-corrected chi connectivity index (χ0v) is 20.1. The van der Waals surface area contributed by atoms with E-state index in [0.717, 1.165) is 29.8 Å². The molecule has 2 aliphatic carbocycles. The summed E-state index contributed by atoms with van der Waals surface area (Å²) < 4.78 is 0. The first kappa shape index (κ1) is 22.8. The lowest BCUT2D eigenvalue weighted by Gasteiger charge is -2.39. The molecule has 2 unspecified atom stereocenters. The molecule has 7 heteroatoms. The standard InChI is InChI=1S/C25H26Cl2N2O3/c1-15-6-5-7-17(12-15)28-22(31)25-11-10-24(4,23(25,2)3)20(14-25)29-32-21(30)18-9-8-16(26)13-19(18)27/h5-9,12-13H,10-11,14H2,1-4H3,(H,28,31). The first-order valence-electron chi connectivity index (χ1n) is 10.6. The highest BCUT2D eigenvalue weighted by Crippen LogP contribution is 2.71. The number of hydrogen-bond acceptors (Lipinski definition) is 4. The van der Waals surface area contributed by atoms with Crippen molar-refractivity contribution < 1.29 is 14.4 Å². The van der Waals surface area contributed by atoms with E-state index < -0.39 is 11.4 Å². The molecule has 2 fully saturated rings. The molecule has 2 atom stereocenters. The number of halogens is 2. The normalized spacial score (nSPS) is 26.9. The van der Waals surface area contributed by atoms with Gasteiger partial charge >= 0.3 is 5.97 Å². The van der Waals surface area contributed by atoms with Crippen LogP contribution < -0.4 is 5.32 Å². The Bertz CT molecular complexity index is 1140. The fourth-order valence-corrected chi connectivity index (χ4v) is 5.78. The van der Waals surface area contributed by atoms with Gasteiger partial charge in [0.1, 0.15) is 0 Å². The van der Waals surface area contributed by atoms with E-state index in [1.165, 1.54) is 12.1 Å². The predicted molar refractivity (Wildman–Crippen MR) is 127 cm³/mol. The van der Waals surface area contributed by atoms with Crippen molar-refractivity contribution in [3.05, 3.63) is 63.6 Å². The molecule has 0 aromatic heterocycles. The summed E-state index contributed by atoms with van der Waals surface area (Å²) >= 11 is 12.0. The average molecular weight is 473 g/mol. The van der Waals surface area contributed by atoms with Crippen LogP contribution in [0.15, 0.2) is 47.6 Å². The van der Waals surface area contributed by atoms with Gasteiger partial charge < -0.3 is 10.2 Å². The number of oxime groups is 1. The molecule has 168 valence electrons. The molecule has 4 rings (SSSR count). The third-order valence-corrected chi connectivity index (χ3v) is 8.38. The van der Waals surface area contributed by atoms with Gasteiger partial charge in [0, 0.05) is 22.5 Å². The van der Waals surface area contributed by atoms with Gasteiger partial charge in [0.2, 0.25) is 5.91 Å². The van der Waals surface area contributed by atoms with E-state index in [-0.39, 0.29) is 27.3 Å². The lowest BCUT2D eigenvalue weighted by Crippen LogP contribution is -2.43. The van der Waals surface area contributed by atoms with Crippen molar-refractivity contribution in [2.24, 2.45) is 21.4 Å². The van der Waals surface area contributed by atoms with Crippen LogP contribution in [0.4, 0.5) is 5.69 Å². The van der Waals surface area contributed by atoms with E-state index in [1.807, 2.05) is 31.2 Å². The number of fused-ring (bicyclic) bond motifs is 2. The Morgan fingerprint density at radius 1 is 1.06 bits per heavy atom. The van der Waals surface area contributed by atoms with Crippen molar-refractivity contribution in [3.63, 3.8) is 0 Å². The van der Waals surface area contributed by atoms with Crippen LogP contribution in [0.1, 0.15) is 56.0 Å². The van der Waals surface area contributed by atoms with E-state index in [1.54, 1.807) is 6.07 Å². The highest BCUT2D eigenvalue weighted by atomic mass is 35.5. The molecule has 5 nitrogen and oxygen atoms in total. The van der Waals surface area contributed by atoms with Crippen LogP contribution in [0.2, 0.25) is 10.0 Å². The van der Waals surface area contributed by atoms with Gasteiger partial charge in [-0.15, -0.1) is 0 Å². The van der Waals surface area contributed by atoms with Crippen molar-refractivity contribution in [1.82, 2.24) is 0 Å². The molecule has 0 spiro atoms. The number of rotatable bonds is 4. The molecule has 1 amide bonds. The van der Waals surface area contributed by atoms with Crippen molar-refractivity contribution in [2.45, 2.75) is 47.0 Å². The van der Waals surface area contributed by atoms with Crippen LogP contribution in [0, 0.1) is 23.2 Å². The number of nitrogens with one attached hydrogen (secondary N) is 1. The minimum absolute atomic E-state index is 0.0194. The van der Waals surface area contributed by atoms with Crippen LogP contribution in [-0.4, -0.2) is 17.6 Å². The van der Waals surface area contributed by atoms with Crippen LogP contribution >= 0.6 is 23.2 Å². The summed E-state index contributed by atoms with van der Waals surface area (Å²) in [7, 11) is 0. The zero-order valence-electron chi connectivity index (χ0n) is 18.6. The topological polar surface area (TPSA) is 67.8 Å². The van der Waals surface area contributed by atoms with Gasteiger partial charge in [-0.3, -0.25) is 4.79 Å². The lowest BCUT2D eigenvalue weighted by atomic mass is 9.64. The Kier molecular flexibility index (Phi) is 5.62. The highest BCUT2D eigenvalue weighted by Gasteiger charge is 2.71. The maximum absolute atomic E-state index is 13.5. The number of aryl methyl sites for hydroxylation is 1. The molecule has 2 aliphatic rings. The van der Waals surface area contributed by atoms with E-state index in [2.05, 4.69) is 31.2 Å². The van der Waals surface area contributed by atoms with Crippen molar-refractivity contribution in [1.29, 1.82) is 0 Å². The van der Waals surface area contributed by atoms with Crippen molar-refractivity contribution in [2.75, 3.05) is 5.32 Å². The third-order valence-electron chi connectivity index (χ3n) is 7.83. The second kappa shape index (κ2) is 7.89. The van der Waals surface area contributed by atoms with Crippen LogP contribution in [-0.2, 0) is 9.63 Å². The smallest absolute Gasteiger partial charge is 0.326 e. The summed E-state index contributed by atoms with van der Waals surface area (Å²) in [6.07, 6.45) is 1.99. The maximum atomic E-state index is 13.5. The van der Waals surface area contributed by atoms with Crippen LogP contribution in [0.5, 0.6) is 0 Å². The van der Waals surface area contributed by atoms with Gasteiger partial charge in [0.25, 0.3) is 0 Å². The fourth-order valence-electron chi connectivity index (χ4n) is 5.30. The molecule has 2 aromatic carbocycles. The van der Waals surface area contributed by atoms with Crippen molar-refractivity contribution in [3.8, 4) is 0 Å². The van der Waals surface area contributed by atoms with Gasteiger partial charge in [0.05, 0.1) is 21.7 Å². The minimum atomic E-state index is -0.651. The number of hydrogen-bond donors (Lipinski definition) is 1. The average Bonchev–Trinajstić information content (AvgIpc) is 3.02. The Morgan fingerprint density at radius 3 is 2.50 bits per heavy atom. The molecule has 0 aliphatic heterocycles. The van der Waals surface area contributed by atoms with Crippen LogP contribution in [0.25, 0.3) is 0 Å². The van der Waals surface area contributed by atoms with Gasteiger partial charge in [-0.2, -0.15) is 0 Å². The molecule has 2 bridgehead atoms. The Labute approximate surface area is 198 Å². The van der Waals surface area contributed by atoms with Gasteiger partial charge in [-0.25, -0.2) is 4.79 Å². The number of nitrogens with zero attached hydrogens (tertiary/aromatic N) is 1. The van der Waals surface area contributed by atoms with E-state index in [0.29, 0.717) is 11.4 Å². The van der Waals surface area contributed by atoms with E-state index in [4.69, 9.17) is 28.0 Å². The predicted octanol–water partition coefficient (Wildman–Crippen LogP) is 6.67. The summed E-state index contributed by atoms with van der Waals surface area (Å²) in [6.45, 7) is 8.31. The molecule has 2 aromatic rings. The SMILES string of the molecule is Cc1cccc(NC(=O)C23CCC(C)(C(=NOC(=O)c4ccc(Cl)cc4Cl)C2)C3(C)C)c1. The quantitative estimate of drug-likeness (QED) is 0.398. The molecule has 0 saturated heterocycles. The zero-order chi connectivity index (χ0) is 23.3. The van der Waals surface area contributed by atoms with Gasteiger partial charge in [0.15, 0.2) is 0 Å². The monoisotopic (exact) mass is 472 g/mol. The number of carbonyl (C=O) groups is 2. The molecule has 1 N–H and O–H groups in total. The van der Waals surface area contributed by atoms with E-state index in [9.17, 15) is 9.59 Å². The number of benzene rings is 2. The summed E-state index contributed by atoms with van der Waals surface area (Å²) in [5, 5.41) is 8.00. The maximum Gasteiger partial charge on any atom is 0.367 e. The largest absolute Gasteiger partial charge is 0.367 e. The van der Waals surface area contributed by atoms with E-state index >= 15 is 0 Å².